The molecular formula is C16H24N2O2. The average molecular weight is 276 g/mol. The topological polar surface area (TPSA) is 64.3 Å². The molecule has 4 heteroatoms. The lowest BCUT2D eigenvalue weighted by atomic mass is 9.64. The van der Waals surface area contributed by atoms with Gasteiger partial charge in [0.2, 0.25) is 5.91 Å². The summed E-state index contributed by atoms with van der Waals surface area (Å²) >= 11 is 0. The van der Waals surface area contributed by atoms with Crippen molar-refractivity contribution in [3.05, 3.63) is 35.9 Å². The summed E-state index contributed by atoms with van der Waals surface area (Å²) in [4.78, 5) is 12.5. The second kappa shape index (κ2) is 5.19. The molecule has 4 nitrogen and oxygen atoms in total. The zero-order valence-corrected chi connectivity index (χ0v) is 12.6. The molecule has 1 aromatic rings. The molecule has 0 heterocycles. The summed E-state index contributed by atoms with van der Waals surface area (Å²) in [5.41, 5.74) is 5.96. The Labute approximate surface area is 120 Å². The van der Waals surface area contributed by atoms with Crippen LogP contribution in [0.1, 0.15) is 32.8 Å². The van der Waals surface area contributed by atoms with Crippen LogP contribution in [0.3, 0.4) is 0 Å². The molecule has 20 heavy (non-hydrogen) atoms. The van der Waals surface area contributed by atoms with Gasteiger partial charge in [-0.1, -0.05) is 44.2 Å². The standard InChI is InChI=1S/C16H24N2O2/c1-15(2)12(10-13(15)20-4)18-14(19)16(3,17)11-8-6-5-7-9-11/h5-9,12-13H,10,17H2,1-4H3,(H,18,19). The monoisotopic (exact) mass is 276 g/mol. The molecule has 2 rings (SSSR count). The molecule has 3 N–H and O–H groups in total. The molecule has 3 unspecified atom stereocenters. The molecule has 0 bridgehead atoms. The molecule has 1 aliphatic carbocycles. The van der Waals surface area contributed by atoms with Crippen molar-refractivity contribution in [2.75, 3.05) is 7.11 Å². The molecular weight excluding hydrogens is 252 g/mol. The van der Waals surface area contributed by atoms with E-state index in [1.807, 2.05) is 30.3 Å². The van der Waals surface area contributed by atoms with Crippen LogP contribution in [0.4, 0.5) is 0 Å². The van der Waals surface area contributed by atoms with E-state index in [2.05, 4.69) is 19.2 Å². The summed E-state index contributed by atoms with van der Waals surface area (Å²) in [5.74, 6) is -0.142. The van der Waals surface area contributed by atoms with E-state index >= 15 is 0 Å². The number of hydrogen-bond donors (Lipinski definition) is 2. The number of carbonyl (C=O) groups excluding carboxylic acids is 1. The number of benzene rings is 1. The quantitative estimate of drug-likeness (QED) is 0.881. The molecule has 0 spiro atoms. The number of nitrogens with one attached hydrogen (secondary N) is 1. The van der Waals surface area contributed by atoms with E-state index in [0.717, 1.165) is 12.0 Å². The van der Waals surface area contributed by atoms with Crippen LogP contribution in [0, 0.1) is 5.41 Å². The van der Waals surface area contributed by atoms with Gasteiger partial charge in [0.05, 0.1) is 6.10 Å². The molecule has 1 aliphatic rings. The summed E-state index contributed by atoms with van der Waals surface area (Å²) in [5, 5.41) is 3.07. The van der Waals surface area contributed by atoms with Gasteiger partial charge in [0.25, 0.3) is 0 Å². The smallest absolute Gasteiger partial charge is 0.244 e. The Kier molecular flexibility index (Phi) is 3.89. The molecule has 0 aromatic heterocycles. The number of amides is 1. The Morgan fingerprint density at radius 3 is 2.50 bits per heavy atom. The second-order valence-electron chi connectivity index (χ2n) is 6.38. The maximum Gasteiger partial charge on any atom is 0.244 e. The highest BCUT2D eigenvalue weighted by molar-refractivity contribution is 5.87. The van der Waals surface area contributed by atoms with E-state index in [4.69, 9.17) is 10.5 Å². The van der Waals surface area contributed by atoms with Gasteiger partial charge in [-0.05, 0) is 18.9 Å². The largest absolute Gasteiger partial charge is 0.381 e. The fourth-order valence-electron chi connectivity index (χ4n) is 2.75. The molecule has 1 aromatic carbocycles. The van der Waals surface area contributed by atoms with E-state index in [0.29, 0.717) is 0 Å². The number of carbonyl (C=O) groups is 1. The first kappa shape index (κ1) is 15.0. The van der Waals surface area contributed by atoms with Crippen molar-refractivity contribution in [3.63, 3.8) is 0 Å². The lowest BCUT2D eigenvalue weighted by Crippen LogP contribution is -2.64. The predicted octanol–water partition coefficient (Wildman–Crippen LogP) is 1.79. The van der Waals surface area contributed by atoms with Crippen LogP contribution >= 0.6 is 0 Å². The van der Waals surface area contributed by atoms with Crippen molar-refractivity contribution in [1.29, 1.82) is 0 Å². The third-order valence-electron chi connectivity index (χ3n) is 4.61. The highest BCUT2D eigenvalue weighted by Crippen LogP contribution is 2.42. The number of hydrogen-bond acceptors (Lipinski definition) is 3. The highest BCUT2D eigenvalue weighted by Gasteiger charge is 2.50. The Morgan fingerprint density at radius 1 is 1.40 bits per heavy atom. The average Bonchev–Trinajstić information content (AvgIpc) is 2.43. The minimum absolute atomic E-state index is 0.0584. The van der Waals surface area contributed by atoms with Crippen LogP contribution < -0.4 is 11.1 Å². The van der Waals surface area contributed by atoms with Crippen molar-refractivity contribution in [1.82, 2.24) is 5.32 Å². The van der Waals surface area contributed by atoms with Crippen LogP contribution in [0.2, 0.25) is 0 Å². The van der Waals surface area contributed by atoms with Crippen LogP contribution in [0.25, 0.3) is 0 Å². The normalized spacial score (nSPS) is 27.2. The molecule has 3 atom stereocenters. The van der Waals surface area contributed by atoms with Crippen molar-refractivity contribution >= 4 is 5.91 Å². The molecule has 0 aliphatic heterocycles. The maximum absolute atomic E-state index is 12.5. The third kappa shape index (κ3) is 2.45. The number of rotatable bonds is 4. The maximum atomic E-state index is 12.5. The molecule has 0 saturated heterocycles. The number of ether oxygens (including phenoxy) is 1. The molecule has 1 saturated carbocycles. The van der Waals surface area contributed by atoms with Crippen molar-refractivity contribution in [2.45, 2.75) is 44.9 Å². The summed E-state index contributed by atoms with van der Waals surface area (Å²) in [6, 6.07) is 9.55. The van der Waals surface area contributed by atoms with Gasteiger partial charge in [-0.2, -0.15) is 0 Å². The summed E-state index contributed by atoms with van der Waals surface area (Å²) < 4.78 is 5.40. The SMILES string of the molecule is COC1CC(NC(=O)C(C)(N)c2ccccc2)C1(C)C. The molecule has 1 amide bonds. The van der Waals surface area contributed by atoms with Crippen LogP contribution in [0.5, 0.6) is 0 Å². The Morgan fingerprint density at radius 2 is 2.00 bits per heavy atom. The summed E-state index contributed by atoms with van der Waals surface area (Å²) in [6.07, 6.45) is 1.02. The Bertz CT molecular complexity index is 483. The van der Waals surface area contributed by atoms with Crippen LogP contribution in [-0.2, 0) is 15.1 Å². The van der Waals surface area contributed by atoms with Crippen LogP contribution in [-0.4, -0.2) is 25.2 Å². The van der Waals surface area contributed by atoms with Gasteiger partial charge in [0.1, 0.15) is 5.54 Å². The van der Waals surface area contributed by atoms with Crippen molar-refractivity contribution in [3.8, 4) is 0 Å². The van der Waals surface area contributed by atoms with E-state index < -0.39 is 5.54 Å². The number of nitrogens with two attached hydrogens (primary N) is 1. The van der Waals surface area contributed by atoms with Gasteiger partial charge in [-0.25, -0.2) is 0 Å². The minimum atomic E-state index is -1.02. The molecule has 110 valence electrons. The minimum Gasteiger partial charge on any atom is -0.381 e. The van der Waals surface area contributed by atoms with Gasteiger partial charge >= 0.3 is 0 Å². The van der Waals surface area contributed by atoms with Gasteiger partial charge < -0.3 is 15.8 Å². The fraction of sp³-hybridized carbons (Fsp3) is 0.562. The first-order chi connectivity index (χ1) is 9.30. The fourth-order valence-corrected chi connectivity index (χ4v) is 2.75. The lowest BCUT2D eigenvalue weighted by Gasteiger charge is -2.51. The summed E-state index contributed by atoms with van der Waals surface area (Å²) in [7, 11) is 1.71. The van der Waals surface area contributed by atoms with Crippen LogP contribution in [0.15, 0.2) is 30.3 Å². The van der Waals surface area contributed by atoms with Gasteiger partial charge in [0.15, 0.2) is 0 Å². The summed E-state index contributed by atoms with van der Waals surface area (Å²) in [6.45, 7) is 5.95. The van der Waals surface area contributed by atoms with Crippen molar-refractivity contribution in [2.24, 2.45) is 11.1 Å². The first-order valence-electron chi connectivity index (χ1n) is 6.98. The van der Waals surface area contributed by atoms with E-state index in [9.17, 15) is 4.79 Å². The highest BCUT2D eigenvalue weighted by atomic mass is 16.5. The zero-order chi connectivity index (χ0) is 15.0. The molecule has 0 radical (unpaired) electrons. The van der Waals surface area contributed by atoms with Gasteiger partial charge in [0, 0.05) is 18.6 Å². The third-order valence-corrected chi connectivity index (χ3v) is 4.61. The lowest BCUT2D eigenvalue weighted by molar-refractivity contribution is -0.137. The molecule has 1 fully saturated rings. The van der Waals surface area contributed by atoms with Gasteiger partial charge in [-0.15, -0.1) is 0 Å². The second-order valence-corrected chi connectivity index (χ2v) is 6.38. The van der Waals surface area contributed by atoms with Gasteiger partial charge in [-0.3, -0.25) is 4.79 Å². The number of methoxy groups -OCH3 is 1. The van der Waals surface area contributed by atoms with E-state index in [1.54, 1.807) is 14.0 Å². The first-order valence-corrected chi connectivity index (χ1v) is 6.98. The van der Waals surface area contributed by atoms with Crippen molar-refractivity contribution < 1.29 is 9.53 Å². The van der Waals surface area contributed by atoms with E-state index in [1.165, 1.54) is 0 Å². The Hall–Kier alpha value is -1.39. The predicted molar refractivity (Wildman–Crippen MR) is 79.1 cm³/mol. The Balaban J connectivity index is 2.06. The zero-order valence-electron chi connectivity index (χ0n) is 12.6. The van der Waals surface area contributed by atoms with E-state index in [-0.39, 0.29) is 23.5 Å².